The molecule has 6 heteroatoms. The van der Waals surface area contributed by atoms with Crippen molar-refractivity contribution in [3.05, 3.63) is 88.4 Å². The monoisotopic (exact) mass is 403 g/mol. The van der Waals surface area contributed by atoms with Gasteiger partial charge in [0.15, 0.2) is 11.5 Å². The molecule has 0 atom stereocenters. The predicted octanol–water partition coefficient (Wildman–Crippen LogP) is 6.21. The van der Waals surface area contributed by atoms with Crippen LogP contribution in [0.15, 0.2) is 60.7 Å². The molecule has 3 nitrogen and oxygen atoms in total. The van der Waals surface area contributed by atoms with Gasteiger partial charge in [0.05, 0.1) is 11.6 Å². The number of hydrogen-bond donors (Lipinski definition) is 1. The van der Waals surface area contributed by atoms with Crippen molar-refractivity contribution in [3.8, 4) is 11.5 Å². The number of ether oxygens (including phenoxy) is 2. The molecule has 0 spiro atoms. The molecule has 0 aliphatic carbocycles. The van der Waals surface area contributed by atoms with Crippen molar-refractivity contribution in [1.29, 1.82) is 0 Å². The fraction of sp³-hybridized carbons (Fsp3) is 0.182. The highest BCUT2D eigenvalue weighted by atomic mass is 35.5. The van der Waals surface area contributed by atoms with Crippen LogP contribution < -0.4 is 14.8 Å². The van der Waals surface area contributed by atoms with Crippen LogP contribution in [-0.4, -0.2) is 6.61 Å². The summed E-state index contributed by atoms with van der Waals surface area (Å²) in [5.74, 6) is 0.528. The zero-order valence-corrected chi connectivity index (χ0v) is 16.1. The van der Waals surface area contributed by atoms with Gasteiger partial charge in [0.2, 0.25) is 0 Å². The molecule has 0 fully saturated rings. The van der Waals surface area contributed by atoms with Crippen molar-refractivity contribution in [1.82, 2.24) is 0 Å². The maximum absolute atomic E-state index is 13.2. The van der Waals surface area contributed by atoms with Crippen molar-refractivity contribution in [2.24, 2.45) is 0 Å². The van der Waals surface area contributed by atoms with Crippen LogP contribution in [0.4, 0.5) is 14.5 Å². The first-order valence-electron chi connectivity index (χ1n) is 8.87. The molecule has 0 aliphatic rings. The molecule has 0 aliphatic heterocycles. The molecule has 0 radical (unpaired) electrons. The largest absolute Gasteiger partial charge is 0.490 e. The quantitative estimate of drug-likeness (QED) is 0.485. The molecule has 1 N–H and O–H groups in total. The molecule has 0 unspecified atom stereocenters. The van der Waals surface area contributed by atoms with E-state index >= 15 is 0 Å². The Hall–Kier alpha value is -2.79. The van der Waals surface area contributed by atoms with Gasteiger partial charge in [0.25, 0.3) is 0 Å². The van der Waals surface area contributed by atoms with E-state index in [9.17, 15) is 8.78 Å². The molecule has 0 saturated carbocycles. The van der Waals surface area contributed by atoms with Gasteiger partial charge in [-0.25, -0.2) is 8.78 Å². The highest BCUT2D eigenvalue weighted by Gasteiger charge is 2.09. The second-order valence-electron chi connectivity index (χ2n) is 6.10. The van der Waals surface area contributed by atoms with Crippen LogP contribution in [0.25, 0.3) is 0 Å². The molecule has 0 saturated heterocycles. The Bertz CT molecular complexity index is 932. The van der Waals surface area contributed by atoms with E-state index in [1.165, 1.54) is 24.3 Å². The average molecular weight is 404 g/mol. The summed E-state index contributed by atoms with van der Waals surface area (Å²) in [4.78, 5) is 0. The molecular formula is C22H20ClF2NO2. The van der Waals surface area contributed by atoms with Crippen molar-refractivity contribution < 1.29 is 18.3 Å². The van der Waals surface area contributed by atoms with E-state index in [-0.39, 0.29) is 18.2 Å². The normalized spacial score (nSPS) is 10.6. The zero-order valence-electron chi connectivity index (χ0n) is 15.3. The van der Waals surface area contributed by atoms with E-state index in [0.717, 1.165) is 11.3 Å². The van der Waals surface area contributed by atoms with Gasteiger partial charge in [0, 0.05) is 17.8 Å². The second-order valence-corrected chi connectivity index (χ2v) is 6.51. The summed E-state index contributed by atoms with van der Waals surface area (Å²) in [6, 6.07) is 16.0. The molecule has 146 valence electrons. The Morgan fingerprint density at radius 3 is 2.32 bits per heavy atom. The number of anilines is 1. The van der Waals surface area contributed by atoms with Crippen molar-refractivity contribution >= 4 is 17.3 Å². The first-order valence-corrected chi connectivity index (χ1v) is 9.25. The van der Waals surface area contributed by atoms with Crippen LogP contribution >= 0.6 is 11.6 Å². The molecular weight excluding hydrogens is 384 g/mol. The lowest BCUT2D eigenvalue weighted by atomic mass is 10.2. The molecule has 0 aromatic heterocycles. The topological polar surface area (TPSA) is 30.5 Å². The Morgan fingerprint density at radius 1 is 0.857 bits per heavy atom. The third-order valence-corrected chi connectivity index (χ3v) is 4.40. The minimum Gasteiger partial charge on any atom is -0.490 e. The van der Waals surface area contributed by atoms with Gasteiger partial charge in [-0.2, -0.15) is 0 Å². The molecule has 3 rings (SSSR count). The van der Waals surface area contributed by atoms with Crippen LogP contribution in [0, 0.1) is 11.6 Å². The predicted molar refractivity (Wildman–Crippen MR) is 107 cm³/mol. The minimum atomic E-state index is -0.387. The van der Waals surface area contributed by atoms with Crippen molar-refractivity contribution in [2.75, 3.05) is 11.9 Å². The Kier molecular flexibility index (Phi) is 6.71. The Labute approximate surface area is 167 Å². The first-order chi connectivity index (χ1) is 13.5. The minimum absolute atomic E-state index is 0.201. The number of hydrogen-bond acceptors (Lipinski definition) is 3. The van der Waals surface area contributed by atoms with Gasteiger partial charge in [-0.1, -0.05) is 23.7 Å². The van der Waals surface area contributed by atoms with Crippen molar-refractivity contribution in [2.45, 2.75) is 20.1 Å². The first kappa shape index (κ1) is 20.0. The summed E-state index contributed by atoms with van der Waals surface area (Å²) in [7, 11) is 0. The van der Waals surface area contributed by atoms with E-state index in [0.29, 0.717) is 35.2 Å². The molecule has 0 bridgehead atoms. The summed E-state index contributed by atoms with van der Waals surface area (Å²) in [5.41, 5.74) is 2.50. The maximum atomic E-state index is 13.2. The van der Waals surface area contributed by atoms with Crippen LogP contribution in [0.1, 0.15) is 18.1 Å². The number of rotatable bonds is 8. The van der Waals surface area contributed by atoms with E-state index < -0.39 is 0 Å². The van der Waals surface area contributed by atoms with Gasteiger partial charge in [-0.15, -0.1) is 0 Å². The third kappa shape index (κ3) is 5.36. The van der Waals surface area contributed by atoms with Crippen LogP contribution in [0.3, 0.4) is 0 Å². The fourth-order valence-corrected chi connectivity index (χ4v) is 2.84. The average Bonchev–Trinajstić information content (AvgIpc) is 2.68. The third-order valence-electron chi connectivity index (χ3n) is 4.05. The SMILES string of the molecule is CCOc1cc(CNc2ccc(F)cc2)ccc1OCc1ccc(F)cc1Cl. The number of benzene rings is 3. The van der Waals surface area contributed by atoms with Gasteiger partial charge in [-0.05, 0) is 61.0 Å². The standard InChI is InChI=1S/C22H20ClF2NO2/c1-2-27-22-11-15(13-26-19-8-6-17(24)7-9-19)3-10-21(22)28-14-16-4-5-18(25)12-20(16)23/h3-12,26H,2,13-14H2,1H3. The summed E-state index contributed by atoms with van der Waals surface area (Å²) in [5, 5.41) is 3.55. The maximum Gasteiger partial charge on any atom is 0.161 e. The lowest BCUT2D eigenvalue weighted by molar-refractivity contribution is 0.269. The van der Waals surface area contributed by atoms with E-state index in [1.807, 2.05) is 25.1 Å². The van der Waals surface area contributed by atoms with Crippen LogP contribution in [-0.2, 0) is 13.2 Å². The highest BCUT2D eigenvalue weighted by molar-refractivity contribution is 6.31. The second kappa shape index (κ2) is 9.42. The van der Waals surface area contributed by atoms with Crippen LogP contribution in [0.5, 0.6) is 11.5 Å². The van der Waals surface area contributed by atoms with Gasteiger partial charge < -0.3 is 14.8 Å². The molecule has 0 amide bonds. The summed E-state index contributed by atoms with van der Waals surface area (Å²) >= 11 is 6.05. The highest BCUT2D eigenvalue weighted by Crippen LogP contribution is 2.30. The van der Waals surface area contributed by atoms with E-state index in [2.05, 4.69) is 5.32 Å². The smallest absolute Gasteiger partial charge is 0.161 e. The van der Waals surface area contributed by atoms with E-state index in [1.54, 1.807) is 18.2 Å². The molecule has 0 heterocycles. The Balaban J connectivity index is 1.68. The fourth-order valence-electron chi connectivity index (χ4n) is 2.62. The van der Waals surface area contributed by atoms with Gasteiger partial charge in [0.1, 0.15) is 18.2 Å². The number of nitrogens with one attached hydrogen (secondary N) is 1. The van der Waals surface area contributed by atoms with Crippen LogP contribution in [0.2, 0.25) is 5.02 Å². The van der Waals surface area contributed by atoms with Crippen molar-refractivity contribution in [3.63, 3.8) is 0 Å². The summed E-state index contributed by atoms with van der Waals surface area (Å²) < 4.78 is 37.7. The molecule has 28 heavy (non-hydrogen) atoms. The van der Waals surface area contributed by atoms with Gasteiger partial charge >= 0.3 is 0 Å². The number of halogens is 3. The lowest BCUT2D eigenvalue weighted by Gasteiger charge is -2.14. The van der Waals surface area contributed by atoms with Gasteiger partial charge in [-0.3, -0.25) is 0 Å². The summed E-state index contributed by atoms with van der Waals surface area (Å²) in [6.07, 6.45) is 0. The lowest BCUT2D eigenvalue weighted by Crippen LogP contribution is -2.03. The Morgan fingerprint density at radius 2 is 1.61 bits per heavy atom. The molecule has 3 aromatic rings. The molecule has 3 aromatic carbocycles. The zero-order chi connectivity index (χ0) is 19.9. The van der Waals surface area contributed by atoms with E-state index in [4.69, 9.17) is 21.1 Å². The summed E-state index contributed by atoms with van der Waals surface area (Å²) in [6.45, 7) is 3.13.